The van der Waals surface area contributed by atoms with Crippen molar-refractivity contribution in [3.63, 3.8) is 0 Å². The first-order chi connectivity index (χ1) is 11.3. The molecule has 2 aromatic rings. The number of benzene rings is 1. The highest BCUT2D eigenvalue weighted by atomic mass is 16.5. The molecule has 0 radical (unpaired) electrons. The number of nitrogens with zero attached hydrogens (tertiary/aromatic N) is 5. The van der Waals surface area contributed by atoms with E-state index >= 15 is 0 Å². The van der Waals surface area contributed by atoms with Crippen molar-refractivity contribution in [2.45, 2.75) is 44.2 Å². The van der Waals surface area contributed by atoms with E-state index in [1.807, 2.05) is 10.7 Å². The highest BCUT2D eigenvalue weighted by Crippen LogP contribution is 2.36. The van der Waals surface area contributed by atoms with Gasteiger partial charge in [-0.15, -0.1) is 0 Å². The Hall–Kier alpha value is -1.95. The summed E-state index contributed by atoms with van der Waals surface area (Å²) in [4.78, 5) is 2.30. The number of rotatable bonds is 3. The molecule has 2 aliphatic rings. The molecule has 0 unspecified atom stereocenters. The van der Waals surface area contributed by atoms with E-state index in [4.69, 9.17) is 4.74 Å². The Morgan fingerprint density at radius 3 is 2.61 bits per heavy atom. The fourth-order valence-electron chi connectivity index (χ4n) is 3.78. The van der Waals surface area contributed by atoms with Gasteiger partial charge in [0.05, 0.1) is 11.6 Å². The van der Waals surface area contributed by atoms with E-state index in [0.29, 0.717) is 0 Å². The third kappa shape index (κ3) is 2.72. The molecule has 0 bridgehead atoms. The number of aromatic nitrogens is 4. The van der Waals surface area contributed by atoms with Crippen LogP contribution in [0.4, 0.5) is 5.95 Å². The Morgan fingerprint density at radius 2 is 1.91 bits per heavy atom. The van der Waals surface area contributed by atoms with Gasteiger partial charge in [-0.25, -0.2) is 4.68 Å². The van der Waals surface area contributed by atoms with Gasteiger partial charge in [-0.3, -0.25) is 0 Å². The van der Waals surface area contributed by atoms with Gasteiger partial charge in [0.15, 0.2) is 0 Å². The lowest BCUT2D eigenvalue weighted by Gasteiger charge is -2.38. The van der Waals surface area contributed by atoms with Crippen molar-refractivity contribution in [2.24, 2.45) is 0 Å². The minimum atomic E-state index is 0.125. The van der Waals surface area contributed by atoms with E-state index < -0.39 is 0 Å². The molecule has 2 saturated heterocycles. The second kappa shape index (κ2) is 5.92. The van der Waals surface area contributed by atoms with Crippen LogP contribution in [0.3, 0.4) is 0 Å². The summed E-state index contributed by atoms with van der Waals surface area (Å²) in [5.74, 6) is 0.870. The third-order valence-corrected chi connectivity index (χ3v) is 5.27. The molecule has 1 aromatic heterocycles. The van der Waals surface area contributed by atoms with Gasteiger partial charge >= 0.3 is 0 Å². The molecule has 6 heteroatoms. The molecule has 1 spiro atoms. The monoisotopic (exact) mass is 313 g/mol. The smallest absolute Gasteiger partial charge is 0.246 e. The molecule has 1 aromatic carbocycles. The Balaban J connectivity index is 1.52. The van der Waals surface area contributed by atoms with Crippen molar-refractivity contribution in [3.8, 4) is 0 Å². The molecule has 0 saturated carbocycles. The lowest BCUT2D eigenvalue weighted by atomic mass is 9.89. The van der Waals surface area contributed by atoms with Gasteiger partial charge in [0.1, 0.15) is 0 Å². The van der Waals surface area contributed by atoms with Crippen LogP contribution >= 0.6 is 0 Å². The highest BCUT2D eigenvalue weighted by Gasteiger charge is 2.39. The van der Waals surface area contributed by atoms with Crippen LogP contribution in [0.5, 0.6) is 0 Å². The molecule has 23 heavy (non-hydrogen) atoms. The first kappa shape index (κ1) is 14.6. The molecule has 4 rings (SSSR count). The normalized spacial score (nSPS) is 21.7. The number of ether oxygens (including phenoxy) is 1. The van der Waals surface area contributed by atoms with Gasteiger partial charge in [-0.1, -0.05) is 35.4 Å². The van der Waals surface area contributed by atoms with E-state index in [1.165, 1.54) is 18.4 Å². The average Bonchev–Trinajstić information content (AvgIpc) is 3.26. The Labute approximate surface area is 136 Å². The summed E-state index contributed by atoms with van der Waals surface area (Å²) < 4.78 is 7.94. The lowest BCUT2D eigenvalue weighted by molar-refractivity contribution is -0.0149. The SMILES string of the molecule is C[C@H](c1ccccc1)n1nnnc1N1CCC2(CCCO2)CC1. The minimum absolute atomic E-state index is 0.125. The number of tetrazole rings is 1. The summed E-state index contributed by atoms with van der Waals surface area (Å²) >= 11 is 0. The van der Waals surface area contributed by atoms with Crippen molar-refractivity contribution < 1.29 is 4.74 Å². The van der Waals surface area contributed by atoms with Crippen molar-refractivity contribution in [2.75, 3.05) is 24.6 Å². The lowest BCUT2D eigenvalue weighted by Crippen LogP contribution is -2.45. The van der Waals surface area contributed by atoms with Gasteiger partial charge in [0, 0.05) is 19.7 Å². The van der Waals surface area contributed by atoms with Crippen LogP contribution < -0.4 is 4.90 Å². The molecule has 0 aliphatic carbocycles. The highest BCUT2D eigenvalue weighted by molar-refractivity contribution is 5.32. The molecule has 122 valence electrons. The number of anilines is 1. The van der Waals surface area contributed by atoms with Gasteiger partial charge in [0.25, 0.3) is 0 Å². The van der Waals surface area contributed by atoms with Crippen molar-refractivity contribution in [3.05, 3.63) is 35.9 Å². The summed E-state index contributed by atoms with van der Waals surface area (Å²) in [6, 6.07) is 10.5. The molecule has 2 fully saturated rings. The Morgan fingerprint density at radius 1 is 1.13 bits per heavy atom. The van der Waals surface area contributed by atoms with E-state index in [0.717, 1.165) is 38.5 Å². The average molecular weight is 313 g/mol. The third-order valence-electron chi connectivity index (χ3n) is 5.27. The molecular formula is C17H23N5O. The summed E-state index contributed by atoms with van der Waals surface area (Å²) in [5, 5.41) is 12.5. The maximum atomic E-state index is 6.01. The molecule has 3 heterocycles. The first-order valence-corrected chi connectivity index (χ1v) is 8.49. The van der Waals surface area contributed by atoms with Gasteiger partial charge in [0.2, 0.25) is 5.95 Å². The fraction of sp³-hybridized carbons (Fsp3) is 0.588. The fourth-order valence-corrected chi connectivity index (χ4v) is 3.78. The largest absolute Gasteiger partial charge is 0.375 e. The van der Waals surface area contributed by atoms with E-state index in [9.17, 15) is 0 Å². The predicted molar refractivity (Wildman–Crippen MR) is 87.4 cm³/mol. The number of hydrogen-bond acceptors (Lipinski definition) is 5. The Kier molecular flexibility index (Phi) is 3.77. The summed E-state index contributed by atoms with van der Waals surface area (Å²) in [5.41, 5.74) is 1.34. The molecule has 1 atom stereocenters. The summed E-state index contributed by atoms with van der Waals surface area (Å²) in [6.07, 6.45) is 4.54. The van der Waals surface area contributed by atoms with E-state index in [2.05, 4.69) is 51.6 Å². The van der Waals surface area contributed by atoms with Crippen LogP contribution in [0, 0.1) is 0 Å². The molecule has 0 N–H and O–H groups in total. The Bertz CT molecular complexity index is 640. The van der Waals surface area contributed by atoms with Crippen molar-refractivity contribution in [1.29, 1.82) is 0 Å². The molecule has 2 aliphatic heterocycles. The molecular weight excluding hydrogens is 290 g/mol. The zero-order valence-corrected chi connectivity index (χ0v) is 13.6. The van der Waals surface area contributed by atoms with Crippen LogP contribution in [0.25, 0.3) is 0 Å². The van der Waals surface area contributed by atoms with Crippen LogP contribution in [-0.2, 0) is 4.74 Å². The van der Waals surface area contributed by atoms with Crippen molar-refractivity contribution in [1.82, 2.24) is 20.2 Å². The maximum absolute atomic E-state index is 6.01. The first-order valence-electron chi connectivity index (χ1n) is 8.49. The van der Waals surface area contributed by atoms with Crippen LogP contribution in [0.1, 0.15) is 44.2 Å². The summed E-state index contributed by atoms with van der Waals surface area (Å²) in [6.45, 7) is 4.98. The maximum Gasteiger partial charge on any atom is 0.246 e. The van der Waals surface area contributed by atoms with Crippen LogP contribution in [0.2, 0.25) is 0 Å². The van der Waals surface area contributed by atoms with Gasteiger partial charge in [-0.2, -0.15) is 0 Å². The summed E-state index contributed by atoms with van der Waals surface area (Å²) in [7, 11) is 0. The predicted octanol–water partition coefficient (Wildman–Crippen LogP) is 2.43. The molecule has 0 amide bonds. The van der Waals surface area contributed by atoms with E-state index in [1.54, 1.807) is 0 Å². The number of hydrogen-bond donors (Lipinski definition) is 0. The van der Waals surface area contributed by atoms with Crippen LogP contribution in [0.15, 0.2) is 30.3 Å². The zero-order chi connectivity index (χ0) is 15.7. The minimum Gasteiger partial charge on any atom is -0.375 e. The number of piperidine rings is 1. The zero-order valence-electron chi connectivity index (χ0n) is 13.6. The standard InChI is InChI=1S/C17H23N5O/c1-14(15-6-3-2-4-7-15)22-16(18-19-20-22)21-11-9-17(10-12-21)8-5-13-23-17/h2-4,6-7,14H,5,8-13H2,1H3/t14-/m1/s1. The van der Waals surface area contributed by atoms with Crippen LogP contribution in [-0.4, -0.2) is 45.5 Å². The quantitative estimate of drug-likeness (QED) is 0.871. The van der Waals surface area contributed by atoms with E-state index in [-0.39, 0.29) is 11.6 Å². The molecule has 6 nitrogen and oxygen atoms in total. The van der Waals surface area contributed by atoms with Gasteiger partial charge < -0.3 is 9.64 Å². The van der Waals surface area contributed by atoms with Crippen molar-refractivity contribution >= 4 is 5.95 Å². The topological polar surface area (TPSA) is 56.1 Å². The van der Waals surface area contributed by atoms with Gasteiger partial charge in [-0.05, 0) is 48.6 Å². The second-order valence-electron chi connectivity index (χ2n) is 6.63. The second-order valence-corrected chi connectivity index (χ2v) is 6.63.